The molecule has 8 nitrogen and oxygen atoms in total. The standard InChI is InChI=1S/C24H31FN6O2/c1-24(2,3)31-23(26-27-28-31)22(18-16-17(32-4)10-11-21(18)33-5)30-14-12-29(13-15-30)20-9-7-6-8-19(20)25/h6-11,16,22H,12-15H2,1-5H3. The summed E-state index contributed by atoms with van der Waals surface area (Å²) in [4.78, 5) is 4.40. The fraction of sp³-hybridized carbons (Fsp3) is 0.458. The molecule has 9 heteroatoms. The van der Waals surface area contributed by atoms with Gasteiger partial charge in [-0.3, -0.25) is 4.90 Å². The highest BCUT2D eigenvalue weighted by Crippen LogP contribution is 2.38. The van der Waals surface area contributed by atoms with Gasteiger partial charge in [0.2, 0.25) is 0 Å². The number of hydrogen-bond donors (Lipinski definition) is 0. The van der Waals surface area contributed by atoms with Crippen LogP contribution < -0.4 is 14.4 Å². The van der Waals surface area contributed by atoms with Crippen LogP contribution in [-0.2, 0) is 5.54 Å². The zero-order valence-corrected chi connectivity index (χ0v) is 19.8. The smallest absolute Gasteiger partial charge is 0.173 e. The van der Waals surface area contributed by atoms with E-state index in [1.54, 1.807) is 20.3 Å². The molecule has 3 aromatic rings. The van der Waals surface area contributed by atoms with Crippen molar-refractivity contribution in [1.82, 2.24) is 25.1 Å². The fourth-order valence-electron chi connectivity index (χ4n) is 4.32. The summed E-state index contributed by atoms with van der Waals surface area (Å²) in [6.07, 6.45) is 0. The van der Waals surface area contributed by atoms with Crippen LogP contribution in [0.15, 0.2) is 42.5 Å². The van der Waals surface area contributed by atoms with Crippen LogP contribution in [0.1, 0.15) is 38.2 Å². The summed E-state index contributed by atoms with van der Waals surface area (Å²) in [5.41, 5.74) is 1.25. The van der Waals surface area contributed by atoms with Crippen LogP contribution in [-0.4, -0.2) is 65.5 Å². The van der Waals surface area contributed by atoms with Gasteiger partial charge in [0.15, 0.2) is 5.82 Å². The fourth-order valence-corrected chi connectivity index (χ4v) is 4.32. The molecular weight excluding hydrogens is 423 g/mol. The number of piperazine rings is 1. The minimum atomic E-state index is -0.307. The van der Waals surface area contributed by atoms with Crippen LogP contribution in [0, 0.1) is 5.82 Å². The molecule has 33 heavy (non-hydrogen) atoms. The van der Waals surface area contributed by atoms with Gasteiger partial charge < -0.3 is 14.4 Å². The van der Waals surface area contributed by atoms with E-state index in [0.717, 1.165) is 22.9 Å². The number of rotatable bonds is 6. The quantitative estimate of drug-likeness (QED) is 0.565. The average Bonchev–Trinajstić information content (AvgIpc) is 3.30. The van der Waals surface area contributed by atoms with Crippen molar-refractivity contribution in [3.05, 3.63) is 59.7 Å². The van der Waals surface area contributed by atoms with Gasteiger partial charge in [-0.15, -0.1) is 5.10 Å². The van der Waals surface area contributed by atoms with Crippen molar-refractivity contribution in [1.29, 1.82) is 0 Å². The van der Waals surface area contributed by atoms with Gasteiger partial charge in [0.25, 0.3) is 0 Å². The third kappa shape index (κ3) is 4.64. The minimum absolute atomic E-state index is 0.200. The van der Waals surface area contributed by atoms with Crippen molar-refractivity contribution in [2.75, 3.05) is 45.3 Å². The van der Waals surface area contributed by atoms with E-state index in [0.29, 0.717) is 31.9 Å². The van der Waals surface area contributed by atoms with E-state index in [-0.39, 0.29) is 17.4 Å². The summed E-state index contributed by atoms with van der Waals surface area (Å²) in [6.45, 7) is 8.99. The molecule has 0 N–H and O–H groups in total. The lowest BCUT2D eigenvalue weighted by Crippen LogP contribution is -2.49. The Labute approximate surface area is 193 Å². The zero-order valence-electron chi connectivity index (χ0n) is 19.8. The summed E-state index contributed by atoms with van der Waals surface area (Å²) >= 11 is 0. The van der Waals surface area contributed by atoms with E-state index in [2.05, 4.69) is 46.1 Å². The molecule has 176 valence electrons. The predicted octanol–water partition coefficient (Wildman–Crippen LogP) is 3.50. The van der Waals surface area contributed by atoms with Gasteiger partial charge >= 0.3 is 0 Å². The van der Waals surface area contributed by atoms with E-state index in [9.17, 15) is 4.39 Å². The van der Waals surface area contributed by atoms with Gasteiger partial charge in [-0.05, 0) is 61.5 Å². The number of ether oxygens (including phenoxy) is 2. The van der Waals surface area contributed by atoms with Crippen LogP contribution in [0.4, 0.5) is 10.1 Å². The van der Waals surface area contributed by atoms with Crippen LogP contribution in [0.25, 0.3) is 0 Å². The average molecular weight is 455 g/mol. The SMILES string of the molecule is COc1ccc(OC)c(C(c2nnnn2C(C)(C)C)N2CCN(c3ccccc3F)CC2)c1. The number of aromatic nitrogens is 4. The second kappa shape index (κ2) is 9.35. The van der Waals surface area contributed by atoms with Crippen molar-refractivity contribution >= 4 is 5.69 Å². The van der Waals surface area contributed by atoms with E-state index < -0.39 is 0 Å². The van der Waals surface area contributed by atoms with Gasteiger partial charge in [-0.25, -0.2) is 9.07 Å². The number of nitrogens with zero attached hydrogens (tertiary/aromatic N) is 6. The highest BCUT2D eigenvalue weighted by Gasteiger charge is 2.35. The lowest BCUT2D eigenvalue weighted by Gasteiger charge is -2.40. The Bertz CT molecular complexity index is 1090. The topological polar surface area (TPSA) is 68.5 Å². The van der Waals surface area contributed by atoms with E-state index in [1.807, 2.05) is 35.0 Å². The van der Waals surface area contributed by atoms with Crippen LogP contribution in [0.3, 0.4) is 0 Å². The van der Waals surface area contributed by atoms with Crippen LogP contribution >= 0.6 is 0 Å². The highest BCUT2D eigenvalue weighted by atomic mass is 19.1. The molecule has 1 aliphatic heterocycles. The van der Waals surface area contributed by atoms with Crippen molar-refractivity contribution in [3.8, 4) is 11.5 Å². The number of anilines is 1. The minimum Gasteiger partial charge on any atom is -0.497 e. The Morgan fingerprint density at radius 1 is 0.970 bits per heavy atom. The number of halogens is 1. The van der Waals surface area contributed by atoms with Gasteiger partial charge in [-0.1, -0.05) is 12.1 Å². The van der Waals surface area contributed by atoms with E-state index >= 15 is 0 Å². The Kier molecular flexibility index (Phi) is 6.51. The third-order valence-corrected chi connectivity index (χ3v) is 5.98. The van der Waals surface area contributed by atoms with Crippen LogP contribution in [0.2, 0.25) is 0 Å². The zero-order chi connectivity index (χ0) is 23.6. The Morgan fingerprint density at radius 2 is 1.70 bits per heavy atom. The molecule has 1 fully saturated rings. The number of hydrogen-bond acceptors (Lipinski definition) is 7. The van der Waals surface area contributed by atoms with Crippen molar-refractivity contribution in [2.24, 2.45) is 0 Å². The van der Waals surface area contributed by atoms with E-state index in [4.69, 9.17) is 9.47 Å². The second-order valence-corrected chi connectivity index (χ2v) is 9.10. The number of tetrazole rings is 1. The molecule has 2 aromatic carbocycles. The first-order valence-electron chi connectivity index (χ1n) is 11.1. The number of methoxy groups -OCH3 is 2. The Balaban J connectivity index is 1.73. The molecule has 1 unspecified atom stereocenters. The molecule has 0 spiro atoms. The summed E-state index contributed by atoms with van der Waals surface area (Å²) in [5, 5.41) is 12.8. The first-order valence-corrected chi connectivity index (χ1v) is 11.1. The first kappa shape index (κ1) is 23.0. The molecule has 1 atom stereocenters. The third-order valence-electron chi connectivity index (χ3n) is 5.98. The molecule has 2 heterocycles. The number of benzene rings is 2. The number of para-hydroxylation sites is 1. The second-order valence-electron chi connectivity index (χ2n) is 9.10. The highest BCUT2D eigenvalue weighted by molar-refractivity contribution is 5.48. The van der Waals surface area contributed by atoms with E-state index in [1.165, 1.54) is 6.07 Å². The Hall–Kier alpha value is -3.20. The maximum absolute atomic E-state index is 14.4. The van der Waals surface area contributed by atoms with Gasteiger partial charge in [0.1, 0.15) is 23.4 Å². The molecule has 0 amide bonds. The van der Waals surface area contributed by atoms with Gasteiger partial charge in [0.05, 0.1) is 25.4 Å². The maximum atomic E-state index is 14.4. The van der Waals surface area contributed by atoms with Gasteiger partial charge in [-0.2, -0.15) is 0 Å². The molecule has 4 rings (SSSR count). The summed E-state index contributed by atoms with van der Waals surface area (Å²) < 4.78 is 27.5. The summed E-state index contributed by atoms with van der Waals surface area (Å²) in [6, 6.07) is 12.4. The molecule has 1 saturated heterocycles. The summed E-state index contributed by atoms with van der Waals surface area (Å²) in [7, 11) is 3.30. The van der Waals surface area contributed by atoms with Crippen molar-refractivity contribution in [2.45, 2.75) is 32.4 Å². The maximum Gasteiger partial charge on any atom is 0.173 e. The molecule has 1 aliphatic rings. The van der Waals surface area contributed by atoms with Crippen molar-refractivity contribution in [3.63, 3.8) is 0 Å². The molecular formula is C24H31FN6O2. The summed E-state index contributed by atoms with van der Waals surface area (Å²) in [5.74, 6) is 2.00. The molecule has 0 bridgehead atoms. The molecule has 0 radical (unpaired) electrons. The molecule has 1 aromatic heterocycles. The predicted molar refractivity (Wildman–Crippen MR) is 124 cm³/mol. The monoisotopic (exact) mass is 454 g/mol. The van der Waals surface area contributed by atoms with Crippen LogP contribution in [0.5, 0.6) is 11.5 Å². The molecule has 0 saturated carbocycles. The first-order chi connectivity index (χ1) is 15.8. The van der Waals surface area contributed by atoms with Gasteiger partial charge in [0, 0.05) is 31.7 Å². The normalized spacial score (nSPS) is 16.0. The largest absolute Gasteiger partial charge is 0.497 e. The molecule has 0 aliphatic carbocycles. The van der Waals surface area contributed by atoms with Crippen molar-refractivity contribution < 1.29 is 13.9 Å². The Morgan fingerprint density at radius 3 is 2.33 bits per heavy atom. The lowest BCUT2D eigenvalue weighted by molar-refractivity contribution is 0.188. The lowest BCUT2D eigenvalue weighted by atomic mass is 10.00.